The summed E-state index contributed by atoms with van der Waals surface area (Å²) in [5.74, 6) is 0.424. The first-order chi connectivity index (χ1) is 12.8. The Morgan fingerprint density at radius 1 is 1.15 bits per heavy atom. The van der Waals surface area contributed by atoms with E-state index in [1.54, 1.807) is 12.2 Å². The smallest absolute Gasteiger partial charge is 0.247 e. The van der Waals surface area contributed by atoms with Gasteiger partial charge in [0.2, 0.25) is 11.8 Å². The highest BCUT2D eigenvalue weighted by Gasteiger charge is 2.22. The van der Waals surface area contributed by atoms with Crippen LogP contribution in [-0.2, 0) is 17.8 Å². The quantitative estimate of drug-likeness (QED) is 0.561. The number of hydrogen-bond donors (Lipinski definition) is 1. The van der Waals surface area contributed by atoms with E-state index in [1.165, 1.54) is 16.6 Å². The van der Waals surface area contributed by atoms with Crippen molar-refractivity contribution in [2.24, 2.45) is 0 Å². The second-order valence-electron chi connectivity index (χ2n) is 6.49. The van der Waals surface area contributed by atoms with Crippen molar-refractivity contribution < 1.29 is 9.21 Å². The van der Waals surface area contributed by atoms with Crippen molar-refractivity contribution in [3.63, 3.8) is 0 Å². The molecule has 1 N–H and O–H groups in total. The zero-order valence-electron chi connectivity index (χ0n) is 14.1. The van der Waals surface area contributed by atoms with Crippen LogP contribution in [0.25, 0.3) is 28.1 Å². The van der Waals surface area contributed by atoms with Gasteiger partial charge < -0.3 is 14.3 Å². The van der Waals surface area contributed by atoms with Crippen LogP contribution in [0.5, 0.6) is 0 Å². The fourth-order valence-corrected chi connectivity index (χ4v) is 3.56. The number of aromatic amines is 1. The van der Waals surface area contributed by atoms with Gasteiger partial charge in [0.1, 0.15) is 5.52 Å². The van der Waals surface area contributed by atoms with Crippen LogP contribution in [0.15, 0.2) is 59.0 Å². The number of H-pyrrole nitrogens is 1. The van der Waals surface area contributed by atoms with E-state index in [-0.39, 0.29) is 5.91 Å². The van der Waals surface area contributed by atoms with E-state index in [2.05, 4.69) is 22.1 Å². The lowest BCUT2D eigenvalue weighted by Gasteiger charge is -2.26. The van der Waals surface area contributed by atoms with E-state index in [1.807, 2.05) is 41.3 Å². The van der Waals surface area contributed by atoms with Gasteiger partial charge in [0, 0.05) is 53.8 Å². The maximum atomic E-state index is 12.6. The summed E-state index contributed by atoms with van der Waals surface area (Å²) >= 11 is 0. The Bertz CT molecular complexity index is 1120. The number of rotatable bonds is 2. The number of benzene rings is 2. The van der Waals surface area contributed by atoms with E-state index in [4.69, 9.17) is 4.42 Å². The van der Waals surface area contributed by atoms with Crippen molar-refractivity contribution in [1.29, 1.82) is 0 Å². The number of nitrogens with zero attached hydrogens (tertiary/aromatic N) is 2. The average molecular weight is 343 g/mol. The number of aromatic nitrogens is 2. The molecule has 1 amide bonds. The Morgan fingerprint density at radius 2 is 2.00 bits per heavy atom. The minimum atomic E-state index is -0.0248. The predicted molar refractivity (Wildman–Crippen MR) is 100 cm³/mol. The first kappa shape index (κ1) is 15.0. The van der Waals surface area contributed by atoms with Crippen molar-refractivity contribution in [3.8, 4) is 0 Å². The molecule has 2 aromatic carbocycles. The average Bonchev–Trinajstić information content (AvgIpc) is 3.26. The molecule has 0 aliphatic carbocycles. The lowest BCUT2D eigenvalue weighted by molar-refractivity contribution is -0.126. The number of carbonyl (C=O) groups is 1. The molecule has 4 aromatic rings. The highest BCUT2D eigenvalue weighted by atomic mass is 16.3. The molecular weight excluding hydrogens is 326 g/mol. The molecule has 0 radical (unpaired) electrons. The Morgan fingerprint density at radius 3 is 2.92 bits per heavy atom. The summed E-state index contributed by atoms with van der Waals surface area (Å²) in [5.41, 5.74) is 5.10. The van der Waals surface area contributed by atoms with E-state index in [0.29, 0.717) is 19.0 Å². The van der Waals surface area contributed by atoms with Crippen LogP contribution in [-0.4, -0.2) is 27.3 Å². The SMILES string of the molecule is O=C(/C=C/c1nc2ccccc2o1)N1CCc2[nH]c3ccccc3c2C1. The zero-order valence-corrected chi connectivity index (χ0v) is 14.1. The Kier molecular flexibility index (Phi) is 3.38. The van der Waals surface area contributed by atoms with E-state index < -0.39 is 0 Å². The molecule has 0 saturated carbocycles. The molecule has 0 spiro atoms. The van der Waals surface area contributed by atoms with Gasteiger partial charge in [-0.3, -0.25) is 4.79 Å². The van der Waals surface area contributed by atoms with Crippen LogP contribution in [0.3, 0.4) is 0 Å². The van der Waals surface area contributed by atoms with E-state index >= 15 is 0 Å². The van der Waals surface area contributed by atoms with Gasteiger partial charge in [-0.25, -0.2) is 4.98 Å². The number of fused-ring (bicyclic) bond motifs is 4. The topological polar surface area (TPSA) is 62.1 Å². The first-order valence-corrected chi connectivity index (χ1v) is 8.69. The molecule has 1 aliphatic rings. The molecule has 3 heterocycles. The molecule has 5 heteroatoms. The van der Waals surface area contributed by atoms with Crippen molar-refractivity contribution in [3.05, 3.63) is 71.8 Å². The Hall–Kier alpha value is -3.34. The van der Waals surface area contributed by atoms with Crippen molar-refractivity contribution in [2.75, 3.05) is 6.54 Å². The summed E-state index contributed by atoms with van der Waals surface area (Å²) < 4.78 is 5.63. The van der Waals surface area contributed by atoms with Crippen LogP contribution in [0.2, 0.25) is 0 Å². The number of carbonyl (C=O) groups excluding carboxylic acids is 1. The van der Waals surface area contributed by atoms with Gasteiger partial charge in [-0.05, 0) is 18.2 Å². The number of oxazole rings is 1. The molecule has 128 valence electrons. The highest BCUT2D eigenvalue weighted by Crippen LogP contribution is 2.27. The number of para-hydroxylation sites is 3. The van der Waals surface area contributed by atoms with E-state index in [9.17, 15) is 4.79 Å². The monoisotopic (exact) mass is 343 g/mol. The molecule has 1 aliphatic heterocycles. The summed E-state index contributed by atoms with van der Waals surface area (Å²) in [6.45, 7) is 1.33. The van der Waals surface area contributed by atoms with Gasteiger partial charge in [0.05, 0.1) is 0 Å². The van der Waals surface area contributed by atoms with Crippen molar-refractivity contribution in [1.82, 2.24) is 14.9 Å². The second-order valence-corrected chi connectivity index (χ2v) is 6.49. The van der Waals surface area contributed by atoms with Gasteiger partial charge in [0.15, 0.2) is 5.58 Å². The number of nitrogens with one attached hydrogen (secondary N) is 1. The van der Waals surface area contributed by atoms with Crippen molar-refractivity contribution >= 4 is 34.0 Å². The summed E-state index contributed by atoms with van der Waals surface area (Å²) in [6.07, 6.45) is 4.03. The third-order valence-corrected chi connectivity index (χ3v) is 4.87. The zero-order chi connectivity index (χ0) is 17.5. The standard InChI is InChI=1S/C21H17N3O2/c25-21(10-9-20-23-18-7-3-4-8-19(18)26-20)24-12-11-17-15(13-24)14-5-1-2-6-16(14)22-17/h1-10,22H,11-13H2/b10-9+. The fourth-order valence-electron chi connectivity index (χ4n) is 3.56. The largest absolute Gasteiger partial charge is 0.437 e. The summed E-state index contributed by atoms with van der Waals surface area (Å²) in [4.78, 5) is 22.3. The normalized spacial score (nSPS) is 14.4. The Balaban J connectivity index is 1.37. The molecule has 0 unspecified atom stereocenters. The third-order valence-electron chi connectivity index (χ3n) is 4.87. The molecule has 0 atom stereocenters. The number of hydrogen-bond acceptors (Lipinski definition) is 3. The third kappa shape index (κ3) is 2.49. The van der Waals surface area contributed by atoms with Gasteiger partial charge in [-0.2, -0.15) is 0 Å². The number of amides is 1. The summed E-state index contributed by atoms with van der Waals surface area (Å²) in [6, 6.07) is 15.8. The molecule has 5 rings (SSSR count). The van der Waals surface area contributed by atoms with E-state index in [0.717, 1.165) is 23.0 Å². The lowest BCUT2D eigenvalue weighted by Crippen LogP contribution is -2.34. The maximum absolute atomic E-state index is 12.6. The lowest BCUT2D eigenvalue weighted by atomic mass is 10.0. The molecule has 0 fully saturated rings. The van der Waals surface area contributed by atoms with Crippen LogP contribution < -0.4 is 0 Å². The molecule has 0 saturated heterocycles. The fraction of sp³-hybridized carbons (Fsp3) is 0.143. The van der Waals surface area contributed by atoms with Crippen LogP contribution in [0.4, 0.5) is 0 Å². The molecule has 2 aromatic heterocycles. The molecule has 26 heavy (non-hydrogen) atoms. The van der Waals surface area contributed by atoms with Crippen LogP contribution >= 0.6 is 0 Å². The minimum absolute atomic E-state index is 0.0248. The highest BCUT2D eigenvalue weighted by molar-refractivity contribution is 5.92. The summed E-state index contributed by atoms with van der Waals surface area (Å²) in [5, 5.41) is 1.20. The molecule has 0 bridgehead atoms. The van der Waals surface area contributed by atoms with Gasteiger partial charge >= 0.3 is 0 Å². The molecule has 5 nitrogen and oxygen atoms in total. The summed E-state index contributed by atoms with van der Waals surface area (Å²) in [7, 11) is 0. The minimum Gasteiger partial charge on any atom is -0.437 e. The first-order valence-electron chi connectivity index (χ1n) is 8.69. The van der Waals surface area contributed by atoms with Crippen LogP contribution in [0, 0.1) is 0 Å². The van der Waals surface area contributed by atoms with Gasteiger partial charge in [-0.1, -0.05) is 30.3 Å². The van der Waals surface area contributed by atoms with Gasteiger partial charge in [0.25, 0.3) is 0 Å². The maximum Gasteiger partial charge on any atom is 0.247 e. The second kappa shape index (κ2) is 5.88. The van der Waals surface area contributed by atoms with Crippen LogP contribution in [0.1, 0.15) is 17.1 Å². The van der Waals surface area contributed by atoms with Gasteiger partial charge in [-0.15, -0.1) is 0 Å². The van der Waals surface area contributed by atoms with Crippen molar-refractivity contribution in [2.45, 2.75) is 13.0 Å². The Labute approximate surface area is 149 Å². The molecular formula is C21H17N3O2. The predicted octanol–water partition coefficient (Wildman–Crippen LogP) is 3.91.